The molecule has 1 saturated heterocycles. The Kier molecular flexibility index (Phi) is 6.23. The maximum atomic E-state index is 4.51. The highest BCUT2D eigenvalue weighted by Crippen LogP contribution is 2.14. The Hall–Kier alpha value is -0.680. The van der Waals surface area contributed by atoms with E-state index < -0.39 is 0 Å². The summed E-state index contributed by atoms with van der Waals surface area (Å²) in [4.78, 5) is 11.4. The summed E-state index contributed by atoms with van der Waals surface area (Å²) in [6.45, 7) is 9.05. The van der Waals surface area contributed by atoms with Crippen molar-refractivity contribution in [2.75, 3.05) is 31.5 Å². The molecule has 2 rings (SSSR count). The average molecular weight is 341 g/mol. The van der Waals surface area contributed by atoms with Gasteiger partial charge in [-0.15, -0.1) is 0 Å². The number of likely N-dealkylation sites (tertiary alicyclic amines) is 1. The molecule has 2 heterocycles. The molecule has 1 aromatic rings. The predicted octanol–water partition coefficient (Wildman–Crippen LogP) is 3.34. The van der Waals surface area contributed by atoms with Crippen molar-refractivity contribution in [3.05, 3.63) is 16.5 Å². The van der Waals surface area contributed by atoms with Crippen molar-refractivity contribution >= 4 is 21.7 Å². The zero-order valence-corrected chi connectivity index (χ0v) is 14.1. The summed E-state index contributed by atoms with van der Waals surface area (Å²) in [5.41, 5.74) is 0. The van der Waals surface area contributed by atoms with E-state index in [4.69, 9.17) is 0 Å². The minimum absolute atomic E-state index is 0.631. The van der Waals surface area contributed by atoms with E-state index >= 15 is 0 Å². The van der Waals surface area contributed by atoms with Gasteiger partial charge in [0.25, 0.3) is 0 Å². The molecule has 20 heavy (non-hydrogen) atoms. The molecule has 1 aliphatic heterocycles. The zero-order chi connectivity index (χ0) is 14.4. The molecule has 0 bridgehead atoms. The van der Waals surface area contributed by atoms with E-state index in [-0.39, 0.29) is 0 Å². The second kappa shape index (κ2) is 7.93. The smallest absolute Gasteiger partial charge is 0.131 e. The van der Waals surface area contributed by atoms with E-state index in [0.29, 0.717) is 5.92 Å². The zero-order valence-electron chi connectivity index (χ0n) is 12.5. The lowest BCUT2D eigenvalue weighted by molar-refractivity contribution is 0.204. The maximum Gasteiger partial charge on any atom is 0.131 e. The van der Waals surface area contributed by atoms with Crippen LogP contribution in [0, 0.1) is 5.92 Å². The SMILES string of the molecule is CCc1nc(Br)cc(NCC(C)CN2CCCCC2)n1. The average Bonchev–Trinajstić information content (AvgIpc) is 2.45. The second-order valence-electron chi connectivity index (χ2n) is 5.69. The van der Waals surface area contributed by atoms with Crippen molar-refractivity contribution in [3.63, 3.8) is 0 Å². The van der Waals surface area contributed by atoms with Crippen LogP contribution >= 0.6 is 15.9 Å². The molecular weight excluding hydrogens is 316 g/mol. The summed E-state index contributed by atoms with van der Waals surface area (Å²) in [7, 11) is 0. The Morgan fingerprint density at radius 1 is 1.30 bits per heavy atom. The van der Waals surface area contributed by atoms with Crippen LogP contribution in [0.5, 0.6) is 0 Å². The molecule has 0 saturated carbocycles. The van der Waals surface area contributed by atoms with E-state index in [1.54, 1.807) is 0 Å². The lowest BCUT2D eigenvalue weighted by atomic mass is 10.1. The molecule has 112 valence electrons. The number of aromatic nitrogens is 2. The number of aryl methyl sites for hydroxylation is 1. The Labute approximate surface area is 130 Å². The minimum atomic E-state index is 0.631. The molecule has 0 spiro atoms. The second-order valence-corrected chi connectivity index (χ2v) is 6.51. The number of hydrogen-bond donors (Lipinski definition) is 1. The Morgan fingerprint density at radius 2 is 2.05 bits per heavy atom. The van der Waals surface area contributed by atoms with Gasteiger partial charge >= 0.3 is 0 Å². The highest BCUT2D eigenvalue weighted by atomic mass is 79.9. The van der Waals surface area contributed by atoms with Gasteiger partial charge in [0.2, 0.25) is 0 Å². The molecule has 0 radical (unpaired) electrons. The topological polar surface area (TPSA) is 41.1 Å². The van der Waals surface area contributed by atoms with Crippen molar-refractivity contribution in [2.24, 2.45) is 5.92 Å². The Balaban J connectivity index is 1.80. The standard InChI is InChI=1S/C15H25BrN4/c1-3-14-18-13(16)9-15(19-14)17-10-12(2)11-20-7-5-4-6-8-20/h9,12H,3-8,10-11H2,1-2H3,(H,17,18,19). The molecule has 4 nitrogen and oxygen atoms in total. The third kappa shape index (κ3) is 5.02. The monoisotopic (exact) mass is 340 g/mol. The number of halogens is 1. The van der Waals surface area contributed by atoms with Gasteiger partial charge in [0, 0.05) is 25.6 Å². The molecule has 0 aliphatic carbocycles. The van der Waals surface area contributed by atoms with E-state index in [1.807, 2.05) is 6.07 Å². The van der Waals surface area contributed by atoms with Crippen LogP contribution in [0.25, 0.3) is 0 Å². The van der Waals surface area contributed by atoms with Gasteiger partial charge in [-0.3, -0.25) is 0 Å². The summed E-state index contributed by atoms with van der Waals surface area (Å²) in [5, 5.41) is 3.44. The van der Waals surface area contributed by atoms with Gasteiger partial charge in [-0.05, 0) is 47.8 Å². The highest BCUT2D eigenvalue weighted by molar-refractivity contribution is 9.10. The van der Waals surface area contributed by atoms with E-state index in [0.717, 1.165) is 29.2 Å². The van der Waals surface area contributed by atoms with Crippen LogP contribution in [-0.2, 0) is 6.42 Å². The lowest BCUT2D eigenvalue weighted by Gasteiger charge is -2.29. The highest BCUT2D eigenvalue weighted by Gasteiger charge is 2.13. The van der Waals surface area contributed by atoms with Crippen molar-refractivity contribution in [3.8, 4) is 0 Å². The van der Waals surface area contributed by atoms with Crippen molar-refractivity contribution in [1.82, 2.24) is 14.9 Å². The van der Waals surface area contributed by atoms with Crippen LogP contribution in [0.4, 0.5) is 5.82 Å². The van der Waals surface area contributed by atoms with Gasteiger partial charge in [0.05, 0.1) is 0 Å². The van der Waals surface area contributed by atoms with Crippen LogP contribution in [0.3, 0.4) is 0 Å². The quantitative estimate of drug-likeness (QED) is 0.806. The number of piperidine rings is 1. The lowest BCUT2D eigenvalue weighted by Crippen LogP contribution is -2.35. The summed E-state index contributed by atoms with van der Waals surface area (Å²) < 4.78 is 0.857. The number of hydrogen-bond acceptors (Lipinski definition) is 4. The fourth-order valence-electron chi connectivity index (χ4n) is 2.64. The Bertz CT molecular complexity index is 418. The maximum absolute atomic E-state index is 4.51. The van der Waals surface area contributed by atoms with Gasteiger partial charge < -0.3 is 10.2 Å². The van der Waals surface area contributed by atoms with Gasteiger partial charge in [-0.25, -0.2) is 9.97 Å². The molecule has 1 fully saturated rings. The van der Waals surface area contributed by atoms with Crippen molar-refractivity contribution in [2.45, 2.75) is 39.5 Å². The Morgan fingerprint density at radius 3 is 2.75 bits per heavy atom. The third-order valence-corrected chi connectivity index (χ3v) is 4.11. The molecule has 1 aromatic heterocycles. The fourth-order valence-corrected chi connectivity index (χ4v) is 3.06. The summed E-state index contributed by atoms with van der Waals surface area (Å²) in [6.07, 6.45) is 4.98. The molecule has 1 N–H and O–H groups in total. The number of nitrogens with one attached hydrogen (secondary N) is 1. The first-order valence-corrected chi connectivity index (χ1v) is 8.46. The van der Waals surface area contributed by atoms with Gasteiger partial charge in [-0.1, -0.05) is 20.3 Å². The molecule has 1 aliphatic rings. The number of anilines is 1. The minimum Gasteiger partial charge on any atom is -0.370 e. The molecule has 1 atom stereocenters. The summed E-state index contributed by atoms with van der Waals surface area (Å²) >= 11 is 3.44. The van der Waals surface area contributed by atoms with E-state index in [2.05, 4.69) is 50.0 Å². The summed E-state index contributed by atoms with van der Waals surface area (Å²) in [6, 6.07) is 1.95. The van der Waals surface area contributed by atoms with Crippen molar-refractivity contribution < 1.29 is 0 Å². The van der Waals surface area contributed by atoms with Crippen LogP contribution in [0.15, 0.2) is 10.7 Å². The number of rotatable bonds is 6. The van der Waals surface area contributed by atoms with Gasteiger partial charge in [-0.2, -0.15) is 0 Å². The molecule has 1 unspecified atom stereocenters. The summed E-state index contributed by atoms with van der Waals surface area (Å²) in [5.74, 6) is 2.44. The molecule has 5 heteroatoms. The van der Waals surface area contributed by atoms with E-state index in [1.165, 1.54) is 38.9 Å². The molecule has 0 aromatic carbocycles. The van der Waals surface area contributed by atoms with Crippen LogP contribution < -0.4 is 5.32 Å². The van der Waals surface area contributed by atoms with Gasteiger partial charge in [0.15, 0.2) is 0 Å². The first kappa shape index (κ1) is 15.7. The largest absolute Gasteiger partial charge is 0.370 e. The van der Waals surface area contributed by atoms with Crippen LogP contribution in [0.2, 0.25) is 0 Å². The first-order chi connectivity index (χ1) is 9.67. The van der Waals surface area contributed by atoms with E-state index in [9.17, 15) is 0 Å². The fraction of sp³-hybridized carbons (Fsp3) is 0.733. The first-order valence-electron chi connectivity index (χ1n) is 7.67. The number of nitrogens with zero attached hydrogens (tertiary/aromatic N) is 3. The van der Waals surface area contributed by atoms with Gasteiger partial charge in [0.1, 0.15) is 16.2 Å². The normalized spacial score (nSPS) is 17.9. The predicted molar refractivity (Wildman–Crippen MR) is 87.1 cm³/mol. The molecule has 0 amide bonds. The van der Waals surface area contributed by atoms with Crippen LogP contribution in [0.1, 0.15) is 38.9 Å². The third-order valence-electron chi connectivity index (χ3n) is 3.71. The molecular formula is C15H25BrN4. The van der Waals surface area contributed by atoms with Crippen molar-refractivity contribution in [1.29, 1.82) is 0 Å². The van der Waals surface area contributed by atoms with Crippen LogP contribution in [-0.4, -0.2) is 41.0 Å².